The van der Waals surface area contributed by atoms with E-state index in [2.05, 4.69) is 36.3 Å². The zero-order chi connectivity index (χ0) is 15.7. The molecule has 3 rings (SSSR count). The molecule has 1 saturated heterocycles. The minimum Gasteiger partial charge on any atom is -0.334 e. The average molecular weight is 297 g/mol. The second-order valence-electron chi connectivity index (χ2n) is 6.24. The zero-order valence-corrected chi connectivity index (χ0v) is 13.5. The number of benzene rings is 1. The van der Waals surface area contributed by atoms with E-state index < -0.39 is 0 Å². The monoisotopic (exact) mass is 297 g/mol. The minimum atomic E-state index is 0.161. The van der Waals surface area contributed by atoms with Crippen LogP contribution in [0.25, 0.3) is 0 Å². The molecular weight excluding hydrogens is 274 g/mol. The van der Waals surface area contributed by atoms with Crippen LogP contribution in [-0.2, 0) is 11.3 Å². The number of aryl methyl sites for hydroxylation is 3. The van der Waals surface area contributed by atoms with Gasteiger partial charge in [0.15, 0.2) is 0 Å². The molecule has 1 amide bonds. The van der Waals surface area contributed by atoms with E-state index in [0.717, 1.165) is 30.8 Å². The summed E-state index contributed by atoms with van der Waals surface area (Å²) in [6.07, 6.45) is 2.12. The number of aromatic nitrogens is 2. The standard InChI is InChI=1S/C18H23N3O/c1-13-6-8-16(9-7-13)17-5-4-10-20(17)18(22)12-21-15(3)11-14(2)19-21/h6-9,11,17H,4-5,10,12H2,1-3H3. The van der Waals surface area contributed by atoms with Gasteiger partial charge in [0.2, 0.25) is 5.91 Å². The summed E-state index contributed by atoms with van der Waals surface area (Å²) in [5.74, 6) is 0.161. The molecule has 1 aromatic heterocycles. The number of rotatable bonds is 3. The van der Waals surface area contributed by atoms with Gasteiger partial charge in [-0.2, -0.15) is 5.10 Å². The van der Waals surface area contributed by atoms with Gasteiger partial charge in [-0.15, -0.1) is 0 Å². The maximum absolute atomic E-state index is 12.7. The highest BCUT2D eigenvalue weighted by Gasteiger charge is 2.30. The van der Waals surface area contributed by atoms with E-state index in [-0.39, 0.29) is 11.9 Å². The first-order chi connectivity index (χ1) is 10.5. The van der Waals surface area contributed by atoms with Crippen molar-refractivity contribution in [2.45, 2.75) is 46.2 Å². The van der Waals surface area contributed by atoms with Crippen LogP contribution in [0.1, 0.15) is 41.4 Å². The first-order valence-corrected chi connectivity index (χ1v) is 7.91. The molecule has 116 valence electrons. The lowest BCUT2D eigenvalue weighted by atomic mass is 10.0. The summed E-state index contributed by atoms with van der Waals surface area (Å²) in [4.78, 5) is 14.7. The van der Waals surface area contributed by atoms with Crippen molar-refractivity contribution in [3.05, 3.63) is 52.8 Å². The average Bonchev–Trinajstić information content (AvgIpc) is 3.07. The van der Waals surface area contributed by atoms with E-state index in [1.54, 1.807) is 0 Å². The molecule has 0 N–H and O–H groups in total. The summed E-state index contributed by atoms with van der Waals surface area (Å²) in [6, 6.07) is 10.8. The van der Waals surface area contributed by atoms with E-state index >= 15 is 0 Å². The molecule has 1 unspecified atom stereocenters. The Hall–Kier alpha value is -2.10. The quantitative estimate of drug-likeness (QED) is 0.872. The molecule has 0 bridgehead atoms. The van der Waals surface area contributed by atoms with Crippen molar-refractivity contribution in [2.24, 2.45) is 0 Å². The van der Waals surface area contributed by atoms with Crippen LogP contribution in [-0.4, -0.2) is 27.1 Å². The molecule has 1 fully saturated rings. The Labute approximate surface area is 131 Å². The largest absolute Gasteiger partial charge is 0.334 e. The zero-order valence-electron chi connectivity index (χ0n) is 13.5. The second-order valence-corrected chi connectivity index (χ2v) is 6.24. The first kappa shape index (κ1) is 14.8. The van der Waals surface area contributed by atoms with Crippen LogP contribution < -0.4 is 0 Å². The molecule has 0 aliphatic carbocycles. The summed E-state index contributed by atoms with van der Waals surface area (Å²) in [5, 5.41) is 4.40. The number of nitrogens with zero attached hydrogens (tertiary/aromatic N) is 3. The molecule has 0 radical (unpaired) electrons. The highest BCUT2D eigenvalue weighted by molar-refractivity contribution is 5.77. The molecule has 1 aromatic carbocycles. The Morgan fingerprint density at radius 1 is 1.23 bits per heavy atom. The number of hydrogen-bond donors (Lipinski definition) is 0. The Kier molecular flexibility index (Phi) is 4.01. The van der Waals surface area contributed by atoms with Crippen molar-refractivity contribution in [1.29, 1.82) is 0 Å². The Morgan fingerprint density at radius 3 is 2.59 bits per heavy atom. The van der Waals surface area contributed by atoms with Gasteiger partial charge in [0, 0.05) is 12.2 Å². The van der Waals surface area contributed by atoms with Crippen LogP contribution in [0.3, 0.4) is 0 Å². The van der Waals surface area contributed by atoms with Gasteiger partial charge in [0.25, 0.3) is 0 Å². The van der Waals surface area contributed by atoms with Gasteiger partial charge in [0.05, 0.1) is 11.7 Å². The van der Waals surface area contributed by atoms with Gasteiger partial charge in [-0.05, 0) is 45.2 Å². The number of likely N-dealkylation sites (tertiary alicyclic amines) is 1. The van der Waals surface area contributed by atoms with E-state index in [1.807, 2.05) is 29.5 Å². The van der Waals surface area contributed by atoms with Gasteiger partial charge in [-0.1, -0.05) is 29.8 Å². The van der Waals surface area contributed by atoms with Crippen LogP contribution in [0.15, 0.2) is 30.3 Å². The molecule has 4 heteroatoms. The van der Waals surface area contributed by atoms with Crippen molar-refractivity contribution >= 4 is 5.91 Å². The van der Waals surface area contributed by atoms with Gasteiger partial charge in [-0.25, -0.2) is 0 Å². The first-order valence-electron chi connectivity index (χ1n) is 7.91. The third-order valence-electron chi connectivity index (χ3n) is 4.42. The third kappa shape index (κ3) is 2.91. The van der Waals surface area contributed by atoms with Crippen LogP contribution >= 0.6 is 0 Å². The van der Waals surface area contributed by atoms with E-state index in [0.29, 0.717) is 6.54 Å². The predicted molar refractivity (Wildman–Crippen MR) is 86.6 cm³/mol. The van der Waals surface area contributed by atoms with Crippen molar-refractivity contribution in [3.63, 3.8) is 0 Å². The highest BCUT2D eigenvalue weighted by Crippen LogP contribution is 2.32. The number of carbonyl (C=O) groups is 1. The third-order valence-corrected chi connectivity index (χ3v) is 4.42. The van der Waals surface area contributed by atoms with E-state index in [9.17, 15) is 4.79 Å². The number of carbonyl (C=O) groups excluding carboxylic acids is 1. The van der Waals surface area contributed by atoms with Gasteiger partial charge in [-0.3, -0.25) is 9.48 Å². The van der Waals surface area contributed by atoms with Gasteiger partial charge >= 0.3 is 0 Å². The number of hydrogen-bond acceptors (Lipinski definition) is 2. The minimum absolute atomic E-state index is 0.161. The lowest BCUT2D eigenvalue weighted by molar-refractivity contribution is -0.133. The predicted octanol–water partition coefficient (Wildman–Crippen LogP) is 3.17. The summed E-state index contributed by atoms with van der Waals surface area (Å²) >= 11 is 0. The fourth-order valence-corrected chi connectivity index (χ4v) is 3.25. The second kappa shape index (κ2) is 5.95. The highest BCUT2D eigenvalue weighted by atomic mass is 16.2. The molecule has 1 aliphatic heterocycles. The lowest BCUT2D eigenvalue weighted by Gasteiger charge is -2.25. The molecule has 4 nitrogen and oxygen atoms in total. The lowest BCUT2D eigenvalue weighted by Crippen LogP contribution is -2.33. The molecule has 0 saturated carbocycles. The van der Waals surface area contributed by atoms with Gasteiger partial charge < -0.3 is 4.90 Å². The molecule has 2 heterocycles. The number of amides is 1. The molecule has 1 atom stereocenters. The maximum Gasteiger partial charge on any atom is 0.244 e. The normalized spacial score (nSPS) is 18.0. The van der Waals surface area contributed by atoms with Crippen molar-refractivity contribution < 1.29 is 4.79 Å². The smallest absolute Gasteiger partial charge is 0.244 e. The van der Waals surface area contributed by atoms with Crippen LogP contribution in [0.5, 0.6) is 0 Å². The molecule has 1 aliphatic rings. The topological polar surface area (TPSA) is 38.1 Å². The molecule has 2 aromatic rings. The molecule has 22 heavy (non-hydrogen) atoms. The van der Waals surface area contributed by atoms with Crippen molar-refractivity contribution in [2.75, 3.05) is 6.54 Å². The van der Waals surface area contributed by atoms with Gasteiger partial charge in [0.1, 0.15) is 6.54 Å². The van der Waals surface area contributed by atoms with Crippen molar-refractivity contribution in [1.82, 2.24) is 14.7 Å². The summed E-state index contributed by atoms with van der Waals surface area (Å²) in [5.41, 5.74) is 4.49. The summed E-state index contributed by atoms with van der Waals surface area (Å²) < 4.78 is 1.81. The Balaban J connectivity index is 1.76. The van der Waals surface area contributed by atoms with Crippen LogP contribution in [0.2, 0.25) is 0 Å². The SMILES string of the molecule is Cc1ccc(C2CCCN2C(=O)Cn2nc(C)cc2C)cc1. The Morgan fingerprint density at radius 2 is 1.95 bits per heavy atom. The fourth-order valence-electron chi connectivity index (χ4n) is 3.25. The molecule has 0 spiro atoms. The summed E-state index contributed by atoms with van der Waals surface area (Å²) in [7, 11) is 0. The maximum atomic E-state index is 12.7. The Bertz CT molecular complexity index is 672. The van der Waals surface area contributed by atoms with E-state index in [1.165, 1.54) is 11.1 Å². The van der Waals surface area contributed by atoms with E-state index in [4.69, 9.17) is 0 Å². The van der Waals surface area contributed by atoms with Crippen LogP contribution in [0.4, 0.5) is 0 Å². The molecular formula is C18H23N3O. The van der Waals surface area contributed by atoms with Crippen molar-refractivity contribution in [3.8, 4) is 0 Å². The van der Waals surface area contributed by atoms with Crippen LogP contribution in [0, 0.1) is 20.8 Å². The summed E-state index contributed by atoms with van der Waals surface area (Å²) in [6.45, 7) is 7.22. The fraction of sp³-hybridized carbons (Fsp3) is 0.444.